The molecule has 3 aromatic rings. The second-order valence-electron chi connectivity index (χ2n) is 7.31. The Morgan fingerprint density at radius 1 is 0.931 bits per heavy atom. The van der Waals surface area contributed by atoms with E-state index in [9.17, 15) is 4.79 Å². The van der Waals surface area contributed by atoms with Crippen LogP contribution in [0.3, 0.4) is 0 Å². The summed E-state index contributed by atoms with van der Waals surface area (Å²) >= 11 is 0. The van der Waals surface area contributed by atoms with Crippen molar-refractivity contribution in [2.24, 2.45) is 11.0 Å². The maximum absolute atomic E-state index is 12.9. The van der Waals surface area contributed by atoms with E-state index in [4.69, 9.17) is 9.47 Å². The Morgan fingerprint density at radius 3 is 2.28 bits per heavy atom. The molecule has 0 radical (unpaired) electrons. The third kappa shape index (κ3) is 3.14. The van der Waals surface area contributed by atoms with Gasteiger partial charge in [-0.25, -0.2) is 5.43 Å². The van der Waals surface area contributed by atoms with E-state index in [1.54, 1.807) is 6.21 Å². The summed E-state index contributed by atoms with van der Waals surface area (Å²) < 4.78 is 10.7. The molecule has 5 nitrogen and oxygen atoms in total. The standard InChI is InChI=1S/C24H20N2O3/c27-23(26-25-15-17-11-12-21-22(13-17)29-16-28-21)20-14-24(20,18-7-3-1-4-8-18)19-9-5-2-6-10-19/h1-13,15,20H,14,16H2,(H,26,27)/t20-/m0/s1. The van der Waals surface area contributed by atoms with Crippen LogP contribution in [0.15, 0.2) is 84.0 Å². The highest BCUT2D eigenvalue weighted by Gasteiger charge is 2.60. The quantitative estimate of drug-likeness (QED) is 0.537. The fourth-order valence-corrected chi connectivity index (χ4v) is 4.10. The fourth-order valence-electron chi connectivity index (χ4n) is 4.10. The van der Waals surface area contributed by atoms with Gasteiger partial charge in [0.2, 0.25) is 12.7 Å². The van der Waals surface area contributed by atoms with Crippen molar-refractivity contribution in [1.82, 2.24) is 5.43 Å². The monoisotopic (exact) mass is 384 g/mol. The van der Waals surface area contributed by atoms with Crippen LogP contribution in [-0.4, -0.2) is 18.9 Å². The second-order valence-corrected chi connectivity index (χ2v) is 7.31. The first-order chi connectivity index (χ1) is 14.3. The van der Waals surface area contributed by atoms with Crippen LogP contribution in [0.4, 0.5) is 0 Å². The van der Waals surface area contributed by atoms with Gasteiger partial charge in [0, 0.05) is 5.41 Å². The largest absolute Gasteiger partial charge is 0.454 e. The molecule has 5 heteroatoms. The number of amides is 1. The van der Waals surface area contributed by atoms with Crippen LogP contribution in [0.1, 0.15) is 23.1 Å². The minimum absolute atomic E-state index is 0.0744. The van der Waals surface area contributed by atoms with Crippen LogP contribution >= 0.6 is 0 Å². The number of carbonyl (C=O) groups excluding carboxylic acids is 1. The van der Waals surface area contributed by atoms with Crippen LogP contribution in [0.5, 0.6) is 11.5 Å². The summed E-state index contributed by atoms with van der Waals surface area (Å²) in [6.45, 7) is 0.232. The molecule has 0 aromatic heterocycles. The van der Waals surface area contributed by atoms with Gasteiger partial charge >= 0.3 is 0 Å². The molecule has 1 amide bonds. The van der Waals surface area contributed by atoms with Gasteiger partial charge in [-0.15, -0.1) is 0 Å². The van der Waals surface area contributed by atoms with Crippen molar-refractivity contribution in [3.63, 3.8) is 0 Å². The van der Waals surface area contributed by atoms with E-state index in [0.29, 0.717) is 5.75 Å². The van der Waals surface area contributed by atoms with Gasteiger partial charge in [-0.1, -0.05) is 60.7 Å². The first kappa shape index (κ1) is 17.5. The molecule has 1 atom stereocenters. The average Bonchev–Trinajstić information content (AvgIpc) is 3.38. The van der Waals surface area contributed by atoms with Crippen molar-refractivity contribution in [1.29, 1.82) is 0 Å². The Kier molecular flexibility index (Phi) is 4.28. The predicted octanol–water partition coefficient (Wildman–Crippen LogP) is 3.87. The molecular weight excluding hydrogens is 364 g/mol. The molecule has 1 heterocycles. The van der Waals surface area contributed by atoms with Crippen LogP contribution in [0.2, 0.25) is 0 Å². The highest BCUT2D eigenvalue weighted by atomic mass is 16.7. The van der Waals surface area contributed by atoms with Crippen molar-refractivity contribution in [3.8, 4) is 11.5 Å². The molecule has 0 saturated heterocycles. The van der Waals surface area contributed by atoms with Crippen LogP contribution in [-0.2, 0) is 10.2 Å². The van der Waals surface area contributed by atoms with Gasteiger partial charge < -0.3 is 9.47 Å². The third-order valence-corrected chi connectivity index (χ3v) is 5.64. The molecule has 1 fully saturated rings. The molecule has 1 aliphatic heterocycles. The Hall–Kier alpha value is -3.60. The minimum Gasteiger partial charge on any atom is -0.454 e. The number of benzene rings is 3. The van der Waals surface area contributed by atoms with E-state index in [-0.39, 0.29) is 24.0 Å². The fraction of sp³-hybridized carbons (Fsp3) is 0.167. The van der Waals surface area contributed by atoms with Crippen molar-refractivity contribution >= 4 is 12.1 Å². The Balaban J connectivity index is 1.33. The molecular formula is C24H20N2O3. The summed E-state index contributed by atoms with van der Waals surface area (Å²) in [5.41, 5.74) is 5.58. The maximum atomic E-state index is 12.9. The first-order valence-corrected chi connectivity index (χ1v) is 9.61. The number of rotatable bonds is 5. The lowest BCUT2D eigenvalue weighted by Gasteiger charge is -2.18. The van der Waals surface area contributed by atoms with E-state index in [1.807, 2.05) is 54.6 Å². The zero-order valence-corrected chi connectivity index (χ0v) is 15.7. The third-order valence-electron chi connectivity index (χ3n) is 5.64. The van der Waals surface area contributed by atoms with E-state index in [2.05, 4.69) is 34.8 Å². The Labute approximate surface area is 169 Å². The van der Waals surface area contributed by atoms with Crippen LogP contribution < -0.4 is 14.9 Å². The first-order valence-electron chi connectivity index (χ1n) is 9.61. The molecule has 1 aliphatic carbocycles. The Bertz CT molecular complexity index is 1020. The molecule has 0 spiro atoms. The van der Waals surface area contributed by atoms with E-state index < -0.39 is 0 Å². The molecule has 1 saturated carbocycles. The molecule has 1 N–H and O–H groups in total. The number of carbonyl (C=O) groups is 1. The molecule has 29 heavy (non-hydrogen) atoms. The highest BCUT2D eigenvalue weighted by molar-refractivity contribution is 5.88. The molecule has 3 aromatic carbocycles. The SMILES string of the molecule is O=C(NN=Cc1ccc2c(c1)OCO2)[C@@H]1CC1(c1ccccc1)c1ccccc1. The summed E-state index contributed by atoms with van der Waals surface area (Å²) in [6, 6.07) is 26.0. The van der Waals surface area contributed by atoms with Gasteiger partial charge in [-0.05, 0) is 41.3 Å². The molecule has 144 valence electrons. The molecule has 0 bridgehead atoms. The van der Waals surface area contributed by atoms with Crippen molar-refractivity contribution in [3.05, 3.63) is 95.6 Å². The van der Waals surface area contributed by atoms with E-state index >= 15 is 0 Å². The molecule has 5 rings (SSSR count). The lowest BCUT2D eigenvalue weighted by atomic mass is 9.85. The minimum atomic E-state index is -0.291. The van der Waals surface area contributed by atoms with Crippen LogP contribution in [0, 0.1) is 5.92 Å². The number of hydrogen-bond donors (Lipinski definition) is 1. The normalized spacial score (nSPS) is 18.6. The van der Waals surface area contributed by atoms with Crippen molar-refractivity contribution in [2.45, 2.75) is 11.8 Å². The van der Waals surface area contributed by atoms with Gasteiger partial charge in [0.05, 0.1) is 12.1 Å². The molecule has 2 aliphatic rings. The summed E-state index contributed by atoms with van der Waals surface area (Å²) in [5, 5.41) is 4.16. The second kappa shape index (κ2) is 7.09. The lowest BCUT2D eigenvalue weighted by Crippen LogP contribution is -2.25. The molecule has 0 unspecified atom stereocenters. The van der Waals surface area contributed by atoms with Gasteiger partial charge in [0.15, 0.2) is 11.5 Å². The van der Waals surface area contributed by atoms with Gasteiger partial charge in [0.1, 0.15) is 0 Å². The summed E-state index contributed by atoms with van der Waals surface area (Å²) in [6.07, 6.45) is 2.39. The number of fused-ring (bicyclic) bond motifs is 1. The van der Waals surface area contributed by atoms with Gasteiger partial charge in [-0.3, -0.25) is 4.79 Å². The van der Waals surface area contributed by atoms with Crippen molar-refractivity contribution < 1.29 is 14.3 Å². The topological polar surface area (TPSA) is 59.9 Å². The number of nitrogens with zero attached hydrogens (tertiary/aromatic N) is 1. The van der Waals surface area contributed by atoms with E-state index in [0.717, 1.165) is 28.9 Å². The number of ether oxygens (including phenoxy) is 2. The van der Waals surface area contributed by atoms with Gasteiger partial charge in [0.25, 0.3) is 0 Å². The summed E-state index contributed by atoms with van der Waals surface area (Å²) in [4.78, 5) is 12.9. The van der Waals surface area contributed by atoms with E-state index in [1.165, 1.54) is 0 Å². The number of nitrogens with one attached hydrogen (secondary N) is 1. The maximum Gasteiger partial charge on any atom is 0.244 e. The van der Waals surface area contributed by atoms with Crippen molar-refractivity contribution in [2.75, 3.05) is 6.79 Å². The number of hydrazone groups is 1. The lowest BCUT2D eigenvalue weighted by molar-refractivity contribution is -0.122. The summed E-state index contributed by atoms with van der Waals surface area (Å²) in [5.74, 6) is 1.19. The smallest absolute Gasteiger partial charge is 0.244 e. The van der Waals surface area contributed by atoms with Gasteiger partial charge in [-0.2, -0.15) is 5.10 Å². The highest BCUT2D eigenvalue weighted by Crippen LogP contribution is 2.58. The predicted molar refractivity (Wildman–Crippen MR) is 110 cm³/mol. The number of hydrogen-bond acceptors (Lipinski definition) is 4. The zero-order chi connectivity index (χ0) is 19.7. The Morgan fingerprint density at radius 2 is 1.59 bits per heavy atom. The van der Waals surface area contributed by atoms with Crippen LogP contribution in [0.25, 0.3) is 0 Å². The average molecular weight is 384 g/mol. The summed E-state index contributed by atoms with van der Waals surface area (Å²) in [7, 11) is 0. The zero-order valence-electron chi connectivity index (χ0n) is 15.7.